The molecule has 1 aliphatic carbocycles. The molecule has 0 heterocycles. The van der Waals surface area contributed by atoms with Crippen LogP contribution in [0.1, 0.15) is 25.7 Å². The molecule has 0 aromatic heterocycles. The first-order chi connectivity index (χ1) is 9.07. The van der Waals surface area contributed by atoms with Crippen LogP contribution in [0.4, 0.5) is 0 Å². The number of likely N-dealkylation sites (N-methyl/N-ethyl adjacent to an activating group) is 2. The Hall–Kier alpha value is -0.660. The molecular formula is C13H27N3O3S. The van der Waals surface area contributed by atoms with Crippen LogP contribution in [0.5, 0.6) is 0 Å². The fourth-order valence-corrected chi connectivity index (χ4v) is 3.28. The van der Waals surface area contributed by atoms with Gasteiger partial charge in [-0.25, -0.2) is 8.42 Å². The molecule has 0 radical (unpaired) electrons. The summed E-state index contributed by atoms with van der Waals surface area (Å²) in [6.07, 6.45) is 4.67. The molecule has 1 rings (SSSR count). The molecule has 1 aliphatic rings. The molecule has 0 saturated heterocycles. The first-order valence-corrected chi connectivity index (χ1v) is 8.99. The first kappa shape index (κ1) is 17.4. The van der Waals surface area contributed by atoms with E-state index in [9.17, 15) is 13.2 Å². The Kier molecular flexibility index (Phi) is 5.57. The molecule has 1 amide bonds. The van der Waals surface area contributed by atoms with Gasteiger partial charge in [0.05, 0.1) is 11.8 Å². The monoisotopic (exact) mass is 305 g/mol. The van der Waals surface area contributed by atoms with Gasteiger partial charge < -0.3 is 15.5 Å². The lowest BCUT2D eigenvalue weighted by atomic mass is 9.75. The summed E-state index contributed by atoms with van der Waals surface area (Å²) in [6, 6.07) is -0.742. The van der Waals surface area contributed by atoms with Crippen molar-refractivity contribution in [3.63, 3.8) is 0 Å². The number of amides is 1. The van der Waals surface area contributed by atoms with Crippen LogP contribution < -0.4 is 5.73 Å². The third-order valence-electron chi connectivity index (χ3n) is 4.26. The molecule has 0 aliphatic heterocycles. The summed E-state index contributed by atoms with van der Waals surface area (Å²) >= 11 is 0. The van der Waals surface area contributed by atoms with E-state index >= 15 is 0 Å². The van der Waals surface area contributed by atoms with Crippen molar-refractivity contribution in [1.82, 2.24) is 9.80 Å². The van der Waals surface area contributed by atoms with E-state index in [1.54, 1.807) is 11.9 Å². The summed E-state index contributed by atoms with van der Waals surface area (Å²) in [5.41, 5.74) is 5.87. The number of carbonyl (C=O) groups excluding carboxylic acids is 1. The zero-order chi connectivity index (χ0) is 15.6. The van der Waals surface area contributed by atoms with Gasteiger partial charge in [-0.1, -0.05) is 0 Å². The van der Waals surface area contributed by atoms with E-state index in [1.165, 1.54) is 6.42 Å². The highest BCUT2D eigenvalue weighted by atomic mass is 32.2. The SMILES string of the molecule is CN(CC1(N(C)C)CCC1)C(=O)C(N)CCS(C)(=O)=O. The summed E-state index contributed by atoms with van der Waals surface area (Å²) in [4.78, 5) is 16.0. The van der Waals surface area contributed by atoms with Crippen LogP contribution in [-0.2, 0) is 14.6 Å². The van der Waals surface area contributed by atoms with E-state index in [-0.39, 0.29) is 23.6 Å². The van der Waals surface area contributed by atoms with Crippen molar-refractivity contribution in [3.8, 4) is 0 Å². The van der Waals surface area contributed by atoms with Gasteiger partial charge in [-0.3, -0.25) is 4.79 Å². The largest absolute Gasteiger partial charge is 0.343 e. The molecule has 20 heavy (non-hydrogen) atoms. The van der Waals surface area contributed by atoms with Gasteiger partial charge in [0.15, 0.2) is 0 Å². The predicted octanol–water partition coefficient (Wildman–Crippen LogP) is -0.309. The molecule has 1 atom stereocenters. The van der Waals surface area contributed by atoms with Gasteiger partial charge >= 0.3 is 0 Å². The van der Waals surface area contributed by atoms with Crippen LogP contribution in [-0.4, -0.2) is 75.4 Å². The summed E-state index contributed by atoms with van der Waals surface area (Å²) in [6.45, 7) is 0.644. The van der Waals surface area contributed by atoms with Crippen LogP contribution in [0.2, 0.25) is 0 Å². The third-order valence-corrected chi connectivity index (χ3v) is 5.23. The Morgan fingerprint density at radius 1 is 1.30 bits per heavy atom. The van der Waals surface area contributed by atoms with Crippen LogP contribution in [0.25, 0.3) is 0 Å². The van der Waals surface area contributed by atoms with Gasteiger partial charge in [0.2, 0.25) is 5.91 Å². The minimum absolute atomic E-state index is 0.0490. The number of nitrogens with zero attached hydrogens (tertiary/aromatic N) is 2. The van der Waals surface area contributed by atoms with E-state index in [2.05, 4.69) is 4.90 Å². The average molecular weight is 305 g/mol. The fraction of sp³-hybridized carbons (Fsp3) is 0.923. The molecule has 1 fully saturated rings. The number of nitrogens with two attached hydrogens (primary N) is 1. The Bertz CT molecular complexity index is 444. The maximum Gasteiger partial charge on any atom is 0.239 e. The normalized spacial score (nSPS) is 19.5. The Morgan fingerprint density at radius 3 is 2.20 bits per heavy atom. The van der Waals surface area contributed by atoms with Crippen LogP contribution in [0.15, 0.2) is 0 Å². The van der Waals surface area contributed by atoms with Crippen LogP contribution in [0.3, 0.4) is 0 Å². The average Bonchev–Trinajstić information content (AvgIpc) is 2.27. The Labute approximate surface area is 122 Å². The molecule has 0 spiro atoms. The van der Waals surface area contributed by atoms with Crippen molar-refractivity contribution < 1.29 is 13.2 Å². The van der Waals surface area contributed by atoms with Gasteiger partial charge in [-0.2, -0.15) is 0 Å². The number of hydrogen-bond donors (Lipinski definition) is 1. The Morgan fingerprint density at radius 2 is 1.85 bits per heavy atom. The van der Waals surface area contributed by atoms with E-state index in [0.717, 1.165) is 19.1 Å². The lowest BCUT2D eigenvalue weighted by Gasteiger charge is -2.49. The van der Waals surface area contributed by atoms with Crippen molar-refractivity contribution in [1.29, 1.82) is 0 Å². The topological polar surface area (TPSA) is 83.7 Å². The van der Waals surface area contributed by atoms with Gasteiger partial charge in [-0.05, 0) is 39.8 Å². The summed E-state index contributed by atoms with van der Waals surface area (Å²) in [7, 11) is 2.72. The smallest absolute Gasteiger partial charge is 0.239 e. The number of sulfone groups is 1. The molecule has 0 aromatic rings. The van der Waals surface area contributed by atoms with Gasteiger partial charge in [0.1, 0.15) is 9.84 Å². The molecule has 1 saturated carbocycles. The highest BCUT2D eigenvalue weighted by Gasteiger charge is 2.41. The highest BCUT2D eigenvalue weighted by molar-refractivity contribution is 7.90. The molecule has 2 N–H and O–H groups in total. The van der Waals surface area contributed by atoms with Crippen LogP contribution >= 0.6 is 0 Å². The van der Waals surface area contributed by atoms with Crippen molar-refractivity contribution in [2.75, 3.05) is 39.7 Å². The van der Waals surface area contributed by atoms with E-state index < -0.39 is 15.9 Å². The zero-order valence-electron chi connectivity index (χ0n) is 12.9. The first-order valence-electron chi connectivity index (χ1n) is 6.93. The van der Waals surface area contributed by atoms with Gasteiger partial charge in [0.25, 0.3) is 0 Å². The second-order valence-electron chi connectivity index (χ2n) is 6.19. The molecule has 1 unspecified atom stereocenters. The van der Waals surface area contributed by atoms with Crippen molar-refractivity contribution in [3.05, 3.63) is 0 Å². The lowest BCUT2D eigenvalue weighted by Crippen LogP contribution is -2.59. The minimum Gasteiger partial charge on any atom is -0.343 e. The van der Waals surface area contributed by atoms with Crippen LogP contribution in [0, 0.1) is 0 Å². The molecule has 0 bridgehead atoms. The van der Waals surface area contributed by atoms with Crippen molar-refractivity contribution >= 4 is 15.7 Å². The second kappa shape index (κ2) is 6.41. The Balaban J connectivity index is 2.54. The maximum absolute atomic E-state index is 12.2. The second-order valence-corrected chi connectivity index (χ2v) is 8.45. The summed E-state index contributed by atoms with van der Waals surface area (Å²) in [5.74, 6) is -0.228. The molecule has 118 valence electrons. The predicted molar refractivity (Wildman–Crippen MR) is 80.2 cm³/mol. The van der Waals surface area contributed by atoms with E-state index in [4.69, 9.17) is 5.73 Å². The van der Waals surface area contributed by atoms with E-state index in [1.807, 2.05) is 14.1 Å². The molecule has 7 heteroatoms. The van der Waals surface area contributed by atoms with Crippen molar-refractivity contribution in [2.24, 2.45) is 5.73 Å². The number of rotatable bonds is 7. The quantitative estimate of drug-likeness (QED) is 0.697. The van der Waals surface area contributed by atoms with E-state index in [0.29, 0.717) is 6.54 Å². The molecular weight excluding hydrogens is 278 g/mol. The number of carbonyl (C=O) groups is 1. The van der Waals surface area contributed by atoms with Crippen molar-refractivity contribution in [2.45, 2.75) is 37.3 Å². The lowest BCUT2D eigenvalue weighted by molar-refractivity contribution is -0.134. The zero-order valence-corrected chi connectivity index (χ0v) is 13.7. The number of hydrogen-bond acceptors (Lipinski definition) is 5. The van der Waals surface area contributed by atoms with Gasteiger partial charge in [-0.15, -0.1) is 0 Å². The standard InChI is InChI=1S/C13H27N3O3S/c1-15(2)13(7-5-8-13)10-16(3)12(17)11(14)6-9-20(4,18)19/h11H,5-10,14H2,1-4H3. The summed E-state index contributed by atoms with van der Waals surface area (Å²) in [5, 5.41) is 0. The highest BCUT2D eigenvalue weighted by Crippen LogP contribution is 2.36. The fourth-order valence-electron chi connectivity index (χ4n) is 2.60. The molecule has 0 aromatic carbocycles. The van der Waals surface area contributed by atoms with Gasteiger partial charge in [0, 0.05) is 25.4 Å². The third kappa shape index (κ3) is 4.43. The molecule has 6 nitrogen and oxygen atoms in total. The minimum atomic E-state index is -3.08. The summed E-state index contributed by atoms with van der Waals surface area (Å²) < 4.78 is 22.2. The maximum atomic E-state index is 12.2.